The highest BCUT2D eigenvalue weighted by atomic mass is 32.2. The molecule has 0 aromatic heterocycles. The summed E-state index contributed by atoms with van der Waals surface area (Å²) in [5.74, 6) is 0.444. The molecule has 0 heterocycles. The number of benzene rings is 2. The molecule has 0 unspecified atom stereocenters. The molecule has 0 amide bonds. The Bertz CT molecular complexity index is 700. The van der Waals surface area contributed by atoms with Gasteiger partial charge in [0.1, 0.15) is 5.75 Å². The standard InChI is InChI=1S/C15H13NO4S/c1-10(17)11-7-8-14(12(9-11)16(18)19)21-15-6-4-3-5-13(15)20-2/h3-9H,1-2H3. The summed E-state index contributed by atoms with van der Waals surface area (Å²) in [6, 6.07) is 11.8. The first kappa shape index (κ1) is 15.1. The lowest BCUT2D eigenvalue weighted by Gasteiger charge is -2.08. The quantitative estimate of drug-likeness (QED) is 0.475. The minimum atomic E-state index is -0.482. The van der Waals surface area contributed by atoms with Crippen LogP contribution in [0.2, 0.25) is 0 Å². The van der Waals surface area contributed by atoms with E-state index in [1.54, 1.807) is 25.3 Å². The van der Waals surface area contributed by atoms with Gasteiger partial charge in [-0.05, 0) is 31.2 Å². The number of ketones is 1. The molecule has 2 aromatic rings. The number of ether oxygens (including phenoxy) is 1. The molecule has 0 aliphatic heterocycles. The first-order chi connectivity index (χ1) is 10.0. The molecular weight excluding hydrogens is 290 g/mol. The van der Waals surface area contributed by atoms with Crippen LogP contribution in [0.15, 0.2) is 52.3 Å². The van der Waals surface area contributed by atoms with Crippen LogP contribution in [-0.2, 0) is 0 Å². The van der Waals surface area contributed by atoms with Crippen molar-refractivity contribution in [1.29, 1.82) is 0 Å². The van der Waals surface area contributed by atoms with Crippen molar-refractivity contribution in [1.82, 2.24) is 0 Å². The number of nitro groups is 1. The number of carbonyl (C=O) groups excluding carboxylic acids is 1. The minimum Gasteiger partial charge on any atom is -0.496 e. The Hall–Kier alpha value is -2.34. The number of hydrogen-bond donors (Lipinski definition) is 0. The third-order valence-corrected chi connectivity index (χ3v) is 3.97. The Morgan fingerprint density at radius 3 is 2.52 bits per heavy atom. The fourth-order valence-electron chi connectivity index (χ4n) is 1.79. The van der Waals surface area contributed by atoms with E-state index in [-0.39, 0.29) is 11.5 Å². The van der Waals surface area contributed by atoms with Crippen LogP contribution in [0.4, 0.5) is 5.69 Å². The molecule has 6 heteroatoms. The molecule has 0 bridgehead atoms. The van der Waals surface area contributed by atoms with Gasteiger partial charge in [-0.2, -0.15) is 0 Å². The lowest BCUT2D eigenvalue weighted by molar-refractivity contribution is -0.387. The summed E-state index contributed by atoms with van der Waals surface area (Å²) in [5, 5.41) is 11.2. The summed E-state index contributed by atoms with van der Waals surface area (Å²) in [7, 11) is 1.55. The van der Waals surface area contributed by atoms with E-state index in [1.165, 1.54) is 24.8 Å². The topological polar surface area (TPSA) is 69.4 Å². The lowest BCUT2D eigenvalue weighted by Crippen LogP contribution is -1.97. The van der Waals surface area contributed by atoms with Crippen LogP contribution in [0.3, 0.4) is 0 Å². The third-order valence-electron chi connectivity index (χ3n) is 2.85. The van der Waals surface area contributed by atoms with E-state index in [0.717, 1.165) is 4.90 Å². The smallest absolute Gasteiger partial charge is 0.283 e. The number of methoxy groups -OCH3 is 1. The molecule has 0 aliphatic carbocycles. The SMILES string of the molecule is COc1ccccc1Sc1ccc(C(C)=O)cc1[N+](=O)[O-]. The summed E-state index contributed by atoms with van der Waals surface area (Å²) in [4.78, 5) is 23.3. The van der Waals surface area contributed by atoms with Gasteiger partial charge in [0.2, 0.25) is 0 Å². The molecular formula is C15H13NO4S. The number of hydrogen-bond acceptors (Lipinski definition) is 5. The number of nitro benzene ring substituents is 1. The maximum Gasteiger partial charge on any atom is 0.283 e. The highest BCUT2D eigenvalue weighted by Gasteiger charge is 2.18. The molecule has 0 spiro atoms. The van der Waals surface area contributed by atoms with E-state index < -0.39 is 4.92 Å². The van der Waals surface area contributed by atoms with Crippen LogP contribution in [0, 0.1) is 10.1 Å². The molecule has 0 saturated heterocycles. The maximum atomic E-state index is 11.3. The monoisotopic (exact) mass is 303 g/mol. The second kappa shape index (κ2) is 6.41. The molecule has 0 saturated carbocycles. The van der Waals surface area contributed by atoms with Gasteiger partial charge in [0, 0.05) is 11.6 Å². The van der Waals surface area contributed by atoms with Crippen molar-refractivity contribution >= 4 is 23.2 Å². The van der Waals surface area contributed by atoms with E-state index in [4.69, 9.17) is 4.74 Å². The van der Waals surface area contributed by atoms with Crippen molar-refractivity contribution in [3.8, 4) is 5.75 Å². The van der Waals surface area contributed by atoms with Gasteiger partial charge in [0.25, 0.3) is 5.69 Å². The van der Waals surface area contributed by atoms with Crippen LogP contribution >= 0.6 is 11.8 Å². The van der Waals surface area contributed by atoms with Crippen molar-refractivity contribution in [3.63, 3.8) is 0 Å². The molecule has 0 aliphatic rings. The van der Waals surface area contributed by atoms with Crippen LogP contribution in [0.5, 0.6) is 5.75 Å². The zero-order valence-electron chi connectivity index (χ0n) is 11.5. The van der Waals surface area contributed by atoms with E-state index in [1.807, 2.05) is 18.2 Å². The van der Waals surface area contributed by atoms with E-state index in [9.17, 15) is 14.9 Å². The van der Waals surface area contributed by atoms with E-state index in [0.29, 0.717) is 16.2 Å². The average Bonchev–Trinajstić information content (AvgIpc) is 2.47. The Labute approximate surface area is 126 Å². The normalized spacial score (nSPS) is 10.2. The van der Waals surface area contributed by atoms with E-state index in [2.05, 4.69) is 0 Å². The fraction of sp³-hybridized carbons (Fsp3) is 0.133. The van der Waals surface area contributed by atoms with Gasteiger partial charge in [-0.25, -0.2) is 0 Å². The lowest BCUT2D eigenvalue weighted by atomic mass is 10.1. The molecule has 2 aromatic carbocycles. The van der Waals surface area contributed by atoms with Gasteiger partial charge in [-0.15, -0.1) is 0 Å². The Kier molecular flexibility index (Phi) is 4.59. The highest BCUT2D eigenvalue weighted by Crippen LogP contribution is 2.39. The number of rotatable bonds is 5. The number of para-hydroxylation sites is 1. The van der Waals surface area contributed by atoms with Crippen LogP contribution < -0.4 is 4.74 Å². The van der Waals surface area contributed by atoms with Gasteiger partial charge in [0.15, 0.2) is 5.78 Å². The van der Waals surface area contributed by atoms with Gasteiger partial charge < -0.3 is 4.74 Å². The molecule has 0 N–H and O–H groups in total. The first-order valence-electron chi connectivity index (χ1n) is 6.13. The van der Waals surface area contributed by atoms with Gasteiger partial charge in [0.05, 0.1) is 21.8 Å². The number of carbonyl (C=O) groups is 1. The molecule has 0 atom stereocenters. The van der Waals surface area contributed by atoms with Crippen molar-refractivity contribution in [2.75, 3.05) is 7.11 Å². The molecule has 21 heavy (non-hydrogen) atoms. The van der Waals surface area contributed by atoms with Crippen molar-refractivity contribution in [2.45, 2.75) is 16.7 Å². The highest BCUT2D eigenvalue weighted by molar-refractivity contribution is 7.99. The van der Waals surface area contributed by atoms with Crippen LogP contribution in [0.25, 0.3) is 0 Å². The summed E-state index contributed by atoms with van der Waals surface area (Å²) in [6.07, 6.45) is 0. The van der Waals surface area contributed by atoms with E-state index >= 15 is 0 Å². The van der Waals surface area contributed by atoms with Crippen molar-refractivity contribution < 1.29 is 14.5 Å². The van der Waals surface area contributed by atoms with Crippen molar-refractivity contribution in [3.05, 3.63) is 58.1 Å². The third kappa shape index (κ3) is 3.41. The number of nitrogens with zero attached hydrogens (tertiary/aromatic N) is 1. The van der Waals surface area contributed by atoms with Crippen molar-refractivity contribution in [2.24, 2.45) is 0 Å². The number of Topliss-reactive ketones (excluding diaryl/α,β-unsaturated/α-hetero) is 1. The Morgan fingerprint density at radius 2 is 1.90 bits per heavy atom. The molecule has 108 valence electrons. The minimum absolute atomic E-state index is 0.0846. The Morgan fingerprint density at radius 1 is 1.19 bits per heavy atom. The maximum absolute atomic E-state index is 11.3. The first-order valence-corrected chi connectivity index (χ1v) is 6.95. The molecule has 5 nitrogen and oxygen atoms in total. The largest absolute Gasteiger partial charge is 0.496 e. The van der Waals surface area contributed by atoms with Gasteiger partial charge in [-0.3, -0.25) is 14.9 Å². The summed E-state index contributed by atoms with van der Waals surface area (Å²) >= 11 is 1.24. The Balaban J connectivity index is 2.44. The van der Waals surface area contributed by atoms with Gasteiger partial charge in [-0.1, -0.05) is 23.9 Å². The molecule has 2 rings (SSSR count). The summed E-state index contributed by atoms with van der Waals surface area (Å²) < 4.78 is 5.24. The second-order valence-corrected chi connectivity index (χ2v) is 5.33. The zero-order valence-corrected chi connectivity index (χ0v) is 12.3. The molecule has 0 fully saturated rings. The fourth-order valence-corrected chi connectivity index (χ4v) is 2.80. The predicted molar refractivity (Wildman–Crippen MR) is 80.2 cm³/mol. The summed E-state index contributed by atoms with van der Waals surface area (Å²) in [5.41, 5.74) is 0.240. The second-order valence-electron chi connectivity index (χ2n) is 4.25. The van der Waals surface area contributed by atoms with Crippen LogP contribution in [0.1, 0.15) is 17.3 Å². The average molecular weight is 303 g/mol. The molecule has 0 radical (unpaired) electrons. The summed E-state index contributed by atoms with van der Waals surface area (Å²) in [6.45, 7) is 1.38. The predicted octanol–water partition coefficient (Wildman–Crippen LogP) is 3.96. The van der Waals surface area contributed by atoms with Crippen LogP contribution in [-0.4, -0.2) is 17.8 Å². The zero-order chi connectivity index (χ0) is 15.4. The van der Waals surface area contributed by atoms with Gasteiger partial charge >= 0.3 is 0 Å².